The van der Waals surface area contributed by atoms with E-state index in [1.807, 2.05) is 4.90 Å². The van der Waals surface area contributed by atoms with E-state index < -0.39 is 5.82 Å². The average Bonchev–Trinajstić information content (AvgIpc) is 2.47. The first-order valence-electron chi connectivity index (χ1n) is 7.54. The number of anilines is 2. The van der Waals surface area contributed by atoms with E-state index in [2.05, 4.69) is 17.6 Å². The van der Waals surface area contributed by atoms with E-state index >= 15 is 0 Å². The molecule has 1 aromatic rings. The molecule has 1 unspecified atom stereocenters. The van der Waals surface area contributed by atoms with Gasteiger partial charge in [-0.1, -0.05) is 6.92 Å². The predicted molar refractivity (Wildman–Crippen MR) is 84.2 cm³/mol. The molecule has 0 radical (unpaired) electrons. The zero-order chi connectivity index (χ0) is 16.1. The van der Waals surface area contributed by atoms with Gasteiger partial charge in [0.2, 0.25) is 11.8 Å². The third-order valence-electron chi connectivity index (χ3n) is 3.73. The number of hydrogen-bond acceptors (Lipinski definition) is 3. The van der Waals surface area contributed by atoms with E-state index in [9.17, 15) is 14.0 Å². The standard InChI is InChI=1S/C16H22FN3O2/c1-11-4-3-7-20(10-11)16(22)9-18-13-5-6-14(17)15(8-13)19-12(2)21/h5-6,8,11,18H,3-4,7,9-10H2,1-2H3,(H,19,21). The number of amides is 2. The van der Waals surface area contributed by atoms with E-state index in [-0.39, 0.29) is 24.0 Å². The van der Waals surface area contributed by atoms with Crippen molar-refractivity contribution in [2.75, 3.05) is 30.3 Å². The lowest BCUT2D eigenvalue weighted by molar-refractivity contribution is -0.131. The molecule has 1 aliphatic heterocycles. The molecule has 1 saturated heterocycles. The van der Waals surface area contributed by atoms with Crippen LogP contribution in [0.1, 0.15) is 26.7 Å². The number of benzene rings is 1. The summed E-state index contributed by atoms with van der Waals surface area (Å²) in [6, 6.07) is 4.30. The van der Waals surface area contributed by atoms with Crippen LogP contribution >= 0.6 is 0 Å². The SMILES string of the molecule is CC(=O)Nc1cc(NCC(=O)N2CCCC(C)C2)ccc1F. The highest BCUT2D eigenvalue weighted by Crippen LogP contribution is 2.20. The maximum atomic E-state index is 13.5. The Balaban J connectivity index is 1.93. The fraction of sp³-hybridized carbons (Fsp3) is 0.500. The van der Waals surface area contributed by atoms with Crippen molar-refractivity contribution in [2.45, 2.75) is 26.7 Å². The Hall–Kier alpha value is -2.11. The van der Waals surface area contributed by atoms with Crippen molar-refractivity contribution < 1.29 is 14.0 Å². The summed E-state index contributed by atoms with van der Waals surface area (Å²) in [5.74, 6) is -0.266. The van der Waals surface area contributed by atoms with Gasteiger partial charge in [0, 0.05) is 25.7 Å². The maximum Gasteiger partial charge on any atom is 0.241 e. The number of likely N-dealkylation sites (tertiary alicyclic amines) is 1. The second-order valence-corrected chi connectivity index (χ2v) is 5.82. The molecule has 0 spiro atoms. The summed E-state index contributed by atoms with van der Waals surface area (Å²) < 4.78 is 13.5. The minimum absolute atomic E-state index is 0.0388. The van der Waals surface area contributed by atoms with Crippen LogP contribution in [0.3, 0.4) is 0 Å². The summed E-state index contributed by atoms with van der Waals surface area (Å²) >= 11 is 0. The van der Waals surface area contributed by atoms with Crippen LogP contribution in [0.2, 0.25) is 0 Å². The smallest absolute Gasteiger partial charge is 0.241 e. The topological polar surface area (TPSA) is 61.4 Å². The van der Waals surface area contributed by atoms with Gasteiger partial charge in [0.15, 0.2) is 0 Å². The van der Waals surface area contributed by atoms with Gasteiger partial charge < -0.3 is 15.5 Å². The van der Waals surface area contributed by atoms with Crippen LogP contribution in [0, 0.1) is 11.7 Å². The lowest BCUT2D eigenvalue weighted by Crippen LogP contribution is -2.41. The zero-order valence-corrected chi connectivity index (χ0v) is 13.0. The van der Waals surface area contributed by atoms with Crippen LogP contribution in [0.4, 0.5) is 15.8 Å². The Labute approximate surface area is 129 Å². The van der Waals surface area contributed by atoms with Gasteiger partial charge in [0.05, 0.1) is 12.2 Å². The van der Waals surface area contributed by atoms with Gasteiger partial charge in [-0.05, 0) is 37.0 Å². The van der Waals surface area contributed by atoms with E-state index in [0.717, 1.165) is 25.9 Å². The van der Waals surface area contributed by atoms with Crippen molar-refractivity contribution in [3.05, 3.63) is 24.0 Å². The molecule has 1 atom stereocenters. The third kappa shape index (κ3) is 4.44. The number of nitrogens with zero attached hydrogens (tertiary/aromatic N) is 1. The van der Waals surface area contributed by atoms with Gasteiger partial charge in [0.1, 0.15) is 5.82 Å². The fourth-order valence-electron chi connectivity index (χ4n) is 2.63. The summed E-state index contributed by atoms with van der Waals surface area (Å²) in [4.78, 5) is 25.0. The highest BCUT2D eigenvalue weighted by atomic mass is 19.1. The molecule has 1 fully saturated rings. The molecule has 1 heterocycles. The van der Waals surface area contributed by atoms with Crippen LogP contribution in [0.5, 0.6) is 0 Å². The molecule has 120 valence electrons. The first kappa shape index (κ1) is 16.3. The van der Waals surface area contributed by atoms with Crippen molar-refractivity contribution in [2.24, 2.45) is 5.92 Å². The molecule has 5 nitrogen and oxygen atoms in total. The number of carbonyl (C=O) groups excluding carboxylic acids is 2. The molecule has 2 rings (SSSR count). The summed E-state index contributed by atoms with van der Waals surface area (Å²) in [6.07, 6.45) is 2.20. The van der Waals surface area contributed by atoms with Crippen molar-refractivity contribution in [3.63, 3.8) is 0 Å². The van der Waals surface area contributed by atoms with Crippen molar-refractivity contribution in [1.29, 1.82) is 0 Å². The molecular weight excluding hydrogens is 285 g/mol. The van der Waals surface area contributed by atoms with E-state index in [1.165, 1.54) is 19.1 Å². The van der Waals surface area contributed by atoms with E-state index in [1.54, 1.807) is 6.07 Å². The second kappa shape index (κ2) is 7.24. The zero-order valence-electron chi connectivity index (χ0n) is 13.0. The molecule has 1 aromatic carbocycles. The highest BCUT2D eigenvalue weighted by Gasteiger charge is 2.20. The lowest BCUT2D eigenvalue weighted by Gasteiger charge is -2.31. The van der Waals surface area contributed by atoms with E-state index in [0.29, 0.717) is 11.6 Å². The van der Waals surface area contributed by atoms with Crippen LogP contribution in [0.25, 0.3) is 0 Å². The molecule has 22 heavy (non-hydrogen) atoms. The van der Waals surface area contributed by atoms with Crippen LogP contribution in [-0.4, -0.2) is 36.3 Å². The molecule has 0 bridgehead atoms. The summed E-state index contributed by atoms with van der Waals surface area (Å²) in [5, 5.41) is 5.41. The normalized spacial score (nSPS) is 18.0. The number of rotatable bonds is 4. The van der Waals surface area contributed by atoms with E-state index in [4.69, 9.17) is 0 Å². The second-order valence-electron chi connectivity index (χ2n) is 5.82. The fourth-order valence-corrected chi connectivity index (χ4v) is 2.63. The molecule has 0 aliphatic carbocycles. The monoisotopic (exact) mass is 307 g/mol. The van der Waals surface area contributed by atoms with Crippen molar-refractivity contribution >= 4 is 23.2 Å². The minimum Gasteiger partial charge on any atom is -0.376 e. The Morgan fingerprint density at radius 3 is 2.86 bits per heavy atom. The molecule has 2 amide bonds. The third-order valence-corrected chi connectivity index (χ3v) is 3.73. The van der Waals surface area contributed by atoms with Gasteiger partial charge in [-0.15, -0.1) is 0 Å². The van der Waals surface area contributed by atoms with Gasteiger partial charge in [-0.3, -0.25) is 9.59 Å². The summed E-state index contributed by atoms with van der Waals surface area (Å²) in [5.41, 5.74) is 0.708. The number of hydrogen-bond donors (Lipinski definition) is 2. The minimum atomic E-state index is -0.503. The molecule has 0 saturated carbocycles. The first-order valence-corrected chi connectivity index (χ1v) is 7.54. The quantitative estimate of drug-likeness (QED) is 0.898. The molecule has 0 aromatic heterocycles. The number of carbonyl (C=O) groups is 2. The Bertz CT molecular complexity index is 562. The molecular formula is C16H22FN3O2. The lowest BCUT2D eigenvalue weighted by atomic mass is 10.0. The van der Waals surface area contributed by atoms with Gasteiger partial charge in [-0.2, -0.15) is 0 Å². The van der Waals surface area contributed by atoms with Crippen molar-refractivity contribution in [3.8, 4) is 0 Å². The largest absolute Gasteiger partial charge is 0.376 e. The number of halogens is 1. The maximum absolute atomic E-state index is 13.5. The molecule has 1 aliphatic rings. The Kier molecular flexibility index (Phi) is 5.35. The number of piperidine rings is 1. The first-order chi connectivity index (χ1) is 10.5. The van der Waals surface area contributed by atoms with Crippen molar-refractivity contribution in [1.82, 2.24) is 4.90 Å². The van der Waals surface area contributed by atoms with Crippen LogP contribution in [-0.2, 0) is 9.59 Å². The predicted octanol–water partition coefficient (Wildman–Crippen LogP) is 2.45. The summed E-state index contributed by atoms with van der Waals surface area (Å²) in [7, 11) is 0. The van der Waals surface area contributed by atoms with Crippen LogP contribution < -0.4 is 10.6 Å². The molecule has 2 N–H and O–H groups in total. The Morgan fingerprint density at radius 1 is 1.41 bits per heavy atom. The van der Waals surface area contributed by atoms with Gasteiger partial charge in [-0.25, -0.2) is 4.39 Å². The number of nitrogens with one attached hydrogen (secondary N) is 2. The van der Waals surface area contributed by atoms with Gasteiger partial charge in [0.25, 0.3) is 0 Å². The molecule has 6 heteroatoms. The summed E-state index contributed by atoms with van der Waals surface area (Å²) in [6.45, 7) is 5.22. The average molecular weight is 307 g/mol. The Morgan fingerprint density at radius 2 is 2.18 bits per heavy atom. The highest BCUT2D eigenvalue weighted by molar-refractivity contribution is 5.89. The van der Waals surface area contributed by atoms with Crippen LogP contribution in [0.15, 0.2) is 18.2 Å². The van der Waals surface area contributed by atoms with Gasteiger partial charge >= 0.3 is 0 Å².